The normalized spacial score (nSPS) is 26.0. The van der Waals surface area contributed by atoms with Crippen molar-refractivity contribution in [3.63, 3.8) is 0 Å². The van der Waals surface area contributed by atoms with Gasteiger partial charge in [0.05, 0.1) is 19.8 Å². The average molecular weight is 344 g/mol. The van der Waals surface area contributed by atoms with Gasteiger partial charge in [0.1, 0.15) is 18.3 Å². The van der Waals surface area contributed by atoms with Crippen molar-refractivity contribution in [1.29, 1.82) is 0 Å². The smallest absolute Gasteiger partial charge is 0.186 e. The van der Waals surface area contributed by atoms with Gasteiger partial charge in [-0.1, -0.05) is 60.7 Å². The summed E-state index contributed by atoms with van der Waals surface area (Å²) in [5, 5.41) is 9.63. The molecule has 0 radical (unpaired) electrons. The topological polar surface area (TPSA) is 57.2 Å². The van der Waals surface area contributed by atoms with Crippen LogP contribution < -0.4 is 0 Å². The number of rotatable bonds is 8. The van der Waals surface area contributed by atoms with Crippen LogP contribution in [0.3, 0.4) is 0 Å². The molecule has 0 bridgehead atoms. The lowest BCUT2D eigenvalue weighted by atomic mass is 10.1. The van der Waals surface area contributed by atoms with Crippen LogP contribution in [0.4, 0.5) is 0 Å². The molecule has 0 saturated carbocycles. The SMILES string of the molecule is CO[C@H]1O[C@H](CO)[C@H](OCc2ccccc2)[C@@H]1OCc1ccccc1. The van der Waals surface area contributed by atoms with Crippen molar-refractivity contribution in [2.75, 3.05) is 13.7 Å². The third-order valence-corrected chi connectivity index (χ3v) is 4.25. The van der Waals surface area contributed by atoms with Crippen LogP contribution in [0.1, 0.15) is 11.1 Å². The van der Waals surface area contributed by atoms with E-state index < -0.39 is 24.6 Å². The Morgan fingerprint density at radius 2 is 1.36 bits per heavy atom. The first-order chi connectivity index (χ1) is 12.3. The van der Waals surface area contributed by atoms with Gasteiger partial charge in [0.15, 0.2) is 6.29 Å². The second kappa shape index (κ2) is 9.08. The summed E-state index contributed by atoms with van der Waals surface area (Å²) in [5.41, 5.74) is 2.12. The van der Waals surface area contributed by atoms with Crippen LogP contribution in [0.15, 0.2) is 60.7 Å². The van der Waals surface area contributed by atoms with Gasteiger partial charge in [0.25, 0.3) is 0 Å². The van der Waals surface area contributed by atoms with Crippen LogP contribution in [0.25, 0.3) is 0 Å². The molecule has 1 aliphatic heterocycles. The molecule has 1 heterocycles. The van der Waals surface area contributed by atoms with Crippen molar-refractivity contribution in [2.24, 2.45) is 0 Å². The fourth-order valence-electron chi connectivity index (χ4n) is 2.94. The maximum absolute atomic E-state index is 9.63. The molecular weight excluding hydrogens is 320 g/mol. The molecule has 1 saturated heterocycles. The van der Waals surface area contributed by atoms with Gasteiger partial charge in [-0.3, -0.25) is 0 Å². The molecule has 0 aromatic heterocycles. The summed E-state index contributed by atoms with van der Waals surface area (Å²) in [4.78, 5) is 0. The highest BCUT2D eigenvalue weighted by atomic mass is 16.7. The molecule has 0 unspecified atom stereocenters. The van der Waals surface area contributed by atoms with Gasteiger partial charge in [-0.2, -0.15) is 0 Å². The van der Waals surface area contributed by atoms with Crippen LogP contribution in [0.2, 0.25) is 0 Å². The van der Waals surface area contributed by atoms with E-state index in [1.165, 1.54) is 0 Å². The van der Waals surface area contributed by atoms with E-state index in [2.05, 4.69) is 0 Å². The summed E-state index contributed by atoms with van der Waals surface area (Å²) in [6, 6.07) is 19.8. The maximum atomic E-state index is 9.63. The molecule has 25 heavy (non-hydrogen) atoms. The summed E-state index contributed by atoms with van der Waals surface area (Å²) in [6.45, 7) is 0.704. The van der Waals surface area contributed by atoms with E-state index in [4.69, 9.17) is 18.9 Å². The third kappa shape index (κ3) is 4.66. The Morgan fingerprint density at radius 3 is 1.84 bits per heavy atom. The minimum absolute atomic E-state index is 0.148. The van der Waals surface area contributed by atoms with Gasteiger partial charge in [0, 0.05) is 7.11 Å². The number of methoxy groups -OCH3 is 1. The van der Waals surface area contributed by atoms with Crippen molar-refractivity contribution in [1.82, 2.24) is 0 Å². The maximum Gasteiger partial charge on any atom is 0.186 e. The van der Waals surface area contributed by atoms with Crippen LogP contribution in [0, 0.1) is 0 Å². The molecule has 2 aromatic rings. The second-order valence-corrected chi connectivity index (χ2v) is 5.98. The molecule has 1 fully saturated rings. The summed E-state index contributed by atoms with van der Waals surface area (Å²) in [7, 11) is 1.57. The van der Waals surface area contributed by atoms with Crippen LogP contribution in [-0.4, -0.2) is 43.4 Å². The van der Waals surface area contributed by atoms with E-state index in [1.807, 2.05) is 60.7 Å². The zero-order valence-electron chi connectivity index (χ0n) is 14.3. The van der Waals surface area contributed by atoms with Crippen LogP contribution in [-0.2, 0) is 32.2 Å². The Labute approximate surface area is 148 Å². The van der Waals surface area contributed by atoms with Gasteiger partial charge in [-0.05, 0) is 11.1 Å². The number of hydrogen-bond donors (Lipinski definition) is 1. The molecule has 0 aliphatic carbocycles. The zero-order valence-corrected chi connectivity index (χ0v) is 14.3. The summed E-state index contributed by atoms with van der Waals surface area (Å²) in [5.74, 6) is 0. The first-order valence-corrected chi connectivity index (χ1v) is 8.42. The highest BCUT2D eigenvalue weighted by Gasteiger charge is 2.46. The highest BCUT2D eigenvalue weighted by molar-refractivity contribution is 5.14. The predicted molar refractivity (Wildman–Crippen MR) is 92.8 cm³/mol. The Bertz CT molecular complexity index is 563. The van der Waals surface area contributed by atoms with Gasteiger partial charge in [0.2, 0.25) is 0 Å². The lowest BCUT2D eigenvalue weighted by Gasteiger charge is -2.24. The molecule has 134 valence electrons. The van der Waals surface area contributed by atoms with Crippen molar-refractivity contribution >= 4 is 0 Å². The first kappa shape index (κ1) is 18.0. The standard InChI is InChI=1S/C20H24O5/c1-22-20-19(24-14-16-10-6-3-7-11-16)18(17(12-21)25-20)23-13-15-8-4-2-5-9-15/h2-11,17-21H,12-14H2,1H3/t17-,18+,19+,20+/m1/s1. The molecule has 0 spiro atoms. The molecule has 1 N–H and O–H groups in total. The fraction of sp³-hybridized carbons (Fsp3) is 0.400. The summed E-state index contributed by atoms with van der Waals surface area (Å²) in [6.07, 6.45) is -1.86. The van der Waals surface area contributed by atoms with E-state index in [1.54, 1.807) is 7.11 Å². The van der Waals surface area contributed by atoms with E-state index in [0.717, 1.165) is 11.1 Å². The largest absolute Gasteiger partial charge is 0.394 e. The minimum atomic E-state index is -0.568. The summed E-state index contributed by atoms with van der Waals surface area (Å²) < 4.78 is 23.2. The number of ether oxygens (including phenoxy) is 4. The highest BCUT2D eigenvalue weighted by Crippen LogP contribution is 2.28. The molecule has 0 amide bonds. The first-order valence-electron chi connectivity index (χ1n) is 8.42. The van der Waals surface area contributed by atoms with Crippen LogP contribution in [0.5, 0.6) is 0 Å². The lowest BCUT2D eigenvalue weighted by molar-refractivity contribution is -0.169. The molecule has 5 heteroatoms. The molecule has 5 nitrogen and oxygen atoms in total. The Morgan fingerprint density at radius 1 is 0.840 bits per heavy atom. The Kier molecular flexibility index (Phi) is 6.55. The quantitative estimate of drug-likeness (QED) is 0.797. The predicted octanol–water partition coefficient (Wildman–Crippen LogP) is 2.52. The Balaban J connectivity index is 1.66. The van der Waals surface area contributed by atoms with Gasteiger partial charge in [-0.15, -0.1) is 0 Å². The number of aliphatic hydroxyl groups is 1. The third-order valence-electron chi connectivity index (χ3n) is 4.25. The zero-order chi connectivity index (χ0) is 17.5. The molecular formula is C20H24O5. The van der Waals surface area contributed by atoms with Gasteiger partial charge >= 0.3 is 0 Å². The molecule has 2 aromatic carbocycles. The van der Waals surface area contributed by atoms with Crippen LogP contribution >= 0.6 is 0 Å². The summed E-state index contributed by atoms with van der Waals surface area (Å²) >= 11 is 0. The fourth-order valence-corrected chi connectivity index (χ4v) is 2.94. The molecule has 1 aliphatic rings. The van der Waals surface area contributed by atoms with Gasteiger partial charge < -0.3 is 24.1 Å². The van der Waals surface area contributed by atoms with E-state index in [9.17, 15) is 5.11 Å². The van der Waals surface area contributed by atoms with E-state index >= 15 is 0 Å². The van der Waals surface area contributed by atoms with Gasteiger partial charge in [-0.25, -0.2) is 0 Å². The van der Waals surface area contributed by atoms with Crippen molar-refractivity contribution < 1.29 is 24.1 Å². The number of hydrogen-bond acceptors (Lipinski definition) is 5. The lowest BCUT2D eigenvalue weighted by Crippen LogP contribution is -2.39. The van der Waals surface area contributed by atoms with Crippen molar-refractivity contribution in [3.8, 4) is 0 Å². The average Bonchev–Trinajstić information content (AvgIpc) is 3.03. The minimum Gasteiger partial charge on any atom is -0.394 e. The Hall–Kier alpha value is -1.76. The van der Waals surface area contributed by atoms with Crippen molar-refractivity contribution in [2.45, 2.75) is 37.8 Å². The van der Waals surface area contributed by atoms with E-state index in [-0.39, 0.29) is 6.61 Å². The van der Waals surface area contributed by atoms with E-state index in [0.29, 0.717) is 13.2 Å². The second-order valence-electron chi connectivity index (χ2n) is 5.98. The number of aliphatic hydroxyl groups excluding tert-OH is 1. The molecule has 3 rings (SSSR count). The number of benzene rings is 2. The van der Waals surface area contributed by atoms with Crippen molar-refractivity contribution in [3.05, 3.63) is 71.8 Å². The monoisotopic (exact) mass is 344 g/mol. The molecule has 4 atom stereocenters.